The topological polar surface area (TPSA) is 75.6 Å². The molecule has 1 aliphatic rings. The van der Waals surface area contributed by atoms with Gasteiger partial charge in [-0.05, 0) is 50.6 Å². The molecule has 0 N–H and O–H groups in total. The van der Waals surface area contributed by atoms with Crippen LogP contribution in [0.4, 0.5) is 0 Å². The zero-order valence-corrected chi connectivity index (χ0v) is 16.2. The van der Waals surface area contributed by atoms with E-state index in [4.69, 9.17) is 0 Å². The number of benzene rings is 1. The molecule has 0 bridgehead atoms. The minimum absolute atomic E-state index is 0.432. The van der Waals surface area contributed by atoms with Crippen molar-refractivity contribution in [2.24, 2.45) is 0 Å². The van der Waals surface area contributed by atoms with Crippen molar-refractivity contribution in [1.29, 1.82) is 5.26 Å². The Labute approximate surface area is 165 Å². The first kappa shape index (κ1) is 18.4. The molecule has 7 heteroatoms. The van der Waals surface area contributed by atoms with Gasteiger partial charge in [0.15, 0.2) is 5.82 Å². The van der Waals surface area contributed by atoms with Gasteiger partial charge in [0.2, 0.25) is 0 Å². The van der Waals surface area contributed by atoms with Crippen LogP contribution in [0.15, 0.2) is 42.7 Å². The monoisotopic (exact) mass is 375 g/mol. The molecule has 1 aliphatic heterocycles. The van der Waals surface area contributed by atoms with E-state index >= 15 is 0 Å². The third-order valence-electron chi connectivity index (χ3n) is 5.52. The number of aromatic nitrogens is 5. The van der Waals surface area contributed by atoms with Crippen LogP contribution in [0.5, 0.6) is 0 Å². The quantitative estimate of drug-likeness (QED) is 0.662. The van der Waals surface area contributed by atoms with Crippen LogP contribution in [0.2, 0.25) is 0 Å². The fraction of sp³-hybridized carbons (Fsp3) is 0.429. The van der Waals surface area contributed by atoms with Crippen LogP contribution < -0.4 is 0 Å². The van der Waals surface area contributed by atoms with Crippen molar-refractivity contribution in [3.8, 4) is 6.07 Å². The maximum absolute atomic E-state index is 9.30. The van der Waals surface area contributed by atoms with Gasteiger partial charge >= 0.3 is 0 Å². The Balaban J connectivity index is 1.41. The zero-order chi connectivity index (χ0) is 19.3. The Bertz CT molecular complexity index is 944. The van der Waals surface area contributed by atoms with Gasteiger partial charge in [-0.25, -0.2) is 0 Å². The molecule has 0 aliphatic carbocycles. The second-order valence-electron chi connectivity index (χ2n) is 7.24. The lowest BCUT2D eigenvalue weighted by Gasteiger charge is -2.31. The number of piperidine rings is 1. The average molecular weight is 375 g/mol. The van der Waals surface area contributed by atoms with Crippen molar-refractivity contribution in [3.63, 3.8) is 0 Å². The van der Waals surface area contributed by atoms with E-state index in [-0.39, 0.29) is 0 Å². The number of rotatable bonds is 6. The summed E-state index contributed by atoms with van der Waals surface area (Å²) in [7, 11) is 0. The van der Waals surface area contributed by atoms with Crippen molar-refractivity contribution in [2.45, 2.75) is 45.3 Å². The predicted molar refractivity (Wildman–Crippen MR) is 105 cm³/mol. The van der Waals surface area contributed by atoms with Crippen molar-refractivity contribution in [3.05, 3.63) is 65.5 Å². The summed E-state index contributed by atoms with van der Waals surface area (Å²) in [4.78, 5) is 2.43. The Morgan fingerprint density at radius 2 is 1.93 bits per heavy atom. The first-order valence-electron chi connectivity index (χ1n) is 9.88. The van der Waals surface area contributed by atoms with E-state index in [1.165, 1.54) is 0 Å². The van der Waals surface area contributed by atoms with Crippen molar-refractivity contribution >= 4 is 0 Å². The molecule has 0 saturated carbocycles. The molecule has 3 aromatic rings. The Kier molecular flexibility index (Phi) is 5.49. The summed E-state index contributed by atoms with van der Waals surface area (Å²) in [5, 5.41) is 22.6. The van der Waals surface area contributed by atoms with Gasteiger partial charge < -0.3 is 4.57 Å². The summed E-state index contributed by atoms with van der Waals surface area (Å²) in [5.41, 5.74) is 1.89. The number of nitriles is 1. The lowest BCUT2D eigenvalue weighted by atomic mass is 9.95. The third-order valence-corrected chi connectivity index (χ3v) is 5.52. The molecule has 0 radical (unpaired) electrons. The summed E-state index contributed by atoms with van der Waals surface area (Å²) < 4.78 is 4.13. The van der Waals surface area contributed by atoms with Crippen LogP contribution in [-0.4, -0.2) is 42.5 Å². The van der Waals surface area contributed by atoms with Crippen molar-refractivity contribution < 1.29 is 0 Å². The molecule has 2 aromatic heterocycles. The third kappa shape index (κ3) is 3.82. The molecule has 3 heterocycles. The van der Waals surface area contributed by atoms with Crippen LogP contribution >= 0.6 is 0 Å². The highest BCUT2D eigenvalue weighted by Gasteiger charge is 2.26. The van der Waals surface area contributed by atoms with E-state index in [1.54, 1.807) is 6.20 Å². The molecular weight excluding hydrogens is 350 g/mol. The van der Waals surface area contributed by atoms with Crippen LogP contribution in [0.1, 0.15) is 48.5 Å². The second kappa shape index (κ2) is 8.36. The van der Waals surface area contributed by atoms with Gasteiger partial charge in [-0.1, -0.05) is 18.2 Å². The van der Waals surface area contributed by atoms with E-state index in [0.717, 1.165) is 61.8 Å². The molecule has 0 atom stereocenters. The fourth-order valence-electron chi connectivity index (χ4n) is 4.01. The van der Waals surface area contributed by atoms with Gasteiger partial charge in [0.05, 0.1) is 11.6 Å². The SMILES string of the molecule is CCn1c(Cn2cccn2)nnc1C1CCN(Cc2ccccc2C#N)CC1. The molecule has 1 aromatic carbocycles. The zero-order valence-electron chi connectivity index (χ0n) is 16.2. The van der Waals surface area contributed by atoms with Gasteiger partial charge in [0.25, 0.3) is 0 Å². The minimum Gasteiger partial charge on any atom is -0.313 e. The van der Waals surface area contributed by atoms with E-state index in [9.17, 15) is 5.26 Å². The highest BCUT2D eigenvalue weighted by molar-refractivity contribution is 5.37. The number of nitrogens with zero attached hydrogens (tertiary/aromatic N) is 7. The summed E-state index contributed by atoms with van der Waals surface area (Å²) in [6.07, 6.45) is 5.86. The van der Waals surface area contributed by atoms with Crippen LogP contribution in [0.25, 0.3) is 0 Å². The molecule has 28 heavy (non-hydrogen) atoms. The second-order valence-corrected chi connectivity index (χ2v) is 7.24. The van der Waals surface area contributed by atoms with E-state index in [2.05, 4.69) is 43.8 Å². The molecule has 0 unspecified atom stereocenters. The normalized spacial score (nSPS) is 15.6. The smallest absolute Gasteiger partial charge is 0.154 e. The van der Waals surface area contributed by atoms with Crippen LogP contribution in [0, 0.1) is 11.3 Å². The Morgan fingerprint density at radius 3 is 2.64 bits per heavy atom. The Hall–Kier alpha value is -2.98. The van der Waals surface area contributed by atoms with E-state index in [1.807, 2.05) is 35.1 Å². The summed E-state index contributed by atoms with van der Waals surface area (Å²) in [5.74, 6) is 2.49. The predicted octanol–water partition coefficient (Wildman–Crippen LogP) is 2.79. The molecule has 0 amide bonds. The summed E-state index contributed by atoms with van der Waals surface area (Å²) in [6.45, 7) is 6.52. The van der Waals surface area contributed by atoms with E-state index < -0.39 is 0 Å². The van der Waals surface area contributed by atoms with Gasteiger partial charge in [-0.3, -0.25) is 9.58 Å². The minimum atomic E-state index is 0.432. The first-order valence-corrected chi connectivity index (χ1v) is 9.88. The van der Waals surface area contributed by atoms with Gasteiger partial charge in [0, 0.05) is 31.4 Å². The highest BCUT2D eigenvalue weighted by atomic mass is 15.3. The molecule has 0 spiro atoms. The fourth-order valence-corrected chi connectivity index (χ4v) is 4.01. The molecular formula is C21H25N7. The maximum Gasteiger partial charge on any atom is 0.154 e. The lowest BCUT2D eigenvalue weighted by Crippen LogP contribution is -2.33. The molecule has 7 nitrogen and oxygen atoms in total. The summed E-state index contributed by atoms with van der Waals surface area (Å²) in [6, 6.07) is 12.1. The van der Waals surface area contributed by atoms with Gasteiger partial charge in [-0.15, -0.1) is 10.2 Å². The van der Waals surface area contributed by atoms with E-state index in [0.29, 0.717) is 12.5 Å². The molecule has 4 rings (SSSR count). The van der Waals surface area contributed by atoms with Gasteiger partial charge in [-0.2, -0.15) is 10.4 Å². The van der Waals surface area contributed by atoms with Crippen molar-refractivity contribution in [2.75, 3.05) is 13.1 Å². The Morgan fingerprint density at radius 1 is 1.11 bits per heavy atom. The number of likely N-dealkylation sites (tertiary alicyclic amines) is 1. The molecule has 1 saturated heterocycles. The summed E-state index contributed by atoms with van der Waals surface area (Å²) >= 11 is 0. The maximum atomic E-state index is 9.30. The molecule has 1 fully saturated rings. The largest absolute Gasteiger partial charge is 0.313 e. The van der Waals surface area contributed by atoms with Crippen LogP contribution in [-0.2, 0) is 19.6 Å². The van der Waals surface area contributed by atoms with Crippen molar-refractivity contribution in [1.82, 2.24) is 29.4 Å². The molecule has 144 valence electrons. The number of hydrogen-bond donors (Lipinski definition) is 0. The average Bonchev–Trinajstić information content (AvgIpc) is 3.39. The lowest BCUT2D eigenvalue weighted by molar-refractivity contribution is 0.200. The standard InChI is InChI=1S/C21H25N7/c1-2-28-20(16-27-11-5-10-23-27)24-25-21(28)17-8-12-26(13-9-17)15-19-7-4-3-6-18(19)14-22/h3-7,10-11,17H,2,8-9,12-13,15-16H2,1H3. The van der Waals surface area contributed by atoms with Gasteiger partial charge in [0.1, 0.15) is 12.4 Å². The highest BCUT2D eigenvalue weighted by Crippen LogP contribution is 2.28. The number of hydrogen-bond acceptors (Lipinski definition) is 5. The first-order chi connectivity index (χ1) is 13.8. The van der Waals surface area contributed by atoms with Crippen LogP contribution in [0.3, 0.4) is 0 Å².